The van der Waals surface area contributed by atoms with Crippen LogP contribution in [0, 0.1) is 24.0 Å². The molecule has 0 atom stereocenters. The van der Waals surface area contributed by atoms with E-state index in [4.69, 9.17) is 11.6 Å². The van der Waals surface area contributed by atoms with Crippen molar-refractivity contribution in [3.8, 4) is 0 Å². The predicted molar refractivity (Wildman–Crippen MR) is 86.4 cm³/mol. The molecule has 0 radical (unpaired) electrons. The fourth-order valence-electron chi connectivity index (χ4n) is 2.61. The lowest BCUT2D eigenvalue weighted by atomic mass is 10.1. The second kappa shape index (κ2) is 5.56. The molecule has 0 amide bonds. The highest BCUT2D eigenvalue weighted by Gasteiger charge is 2.39. The number of nitro benzene ring substituents is 1. The van der Waals surface area contributed by atoms with E-state index in [9.17, 15) is 23.3 Å². The van der Waals surface area contributed by atoms with Crippen LogP contribution < -0.4 is 5.32 Å². The van der Waals surface area contributed by atoms with Gasteiger partial charge in [0.05, 0.1) is 26.1 Å². The van der Waals surface area contributed by atoms with Crippen molar-refractivity contribution in [1.82, 2.24) is 0 Å². The summed E-state index contributed by atoms with van der Waals surface area (Å²) in [4.78, 5) is 11.1. The quantitative estimate of drug-likeness (QED) is 0.413. The Bertz CT molecular complexity index is 884. The lowest BCUT2D eigenvalue weighted by Crippen LogP contribution is -2.11. The molecule has 126 valence electrons. The van der Waals surface area contributed by atoms with Gasteiger partial charge in [0.2, 0.25) is 0 Å². The molecular formula is C15H10ClF3N2O2S. The zero-order valence-corrected chi connectivity index (χ0v) is 14.0. The minimum absolute atomic E-state index is 0.0117. The van der Waals surface area contributed by atoms with Gasteiger partial charge in [0.1, 0.15) is 5.69 Å². The van der Waals surface area contributed by atoms with Crippen LogP contribution in [0.4, 0.5) is 30.2 Å². The summed E-state index contributed by atoms with van der Waals surface area (Å²) in [6, 6.07) is 4.14. The van der Waals surface area contributed by atoms with Crippen molar-refractivity contribution >= 4 is 40.4 Å². The van der Waals surface area contributed by atoms with E-state index in [0.29, 0.717) is 16.6 Å². The van der Waals surface area contributed by atoms with E-state index >= 15 is 0 Å². The monoisotopic (exact) mass is 374 g/mol. The standard InChI is InChI=1S/C15H10ClF3N2O2S/c1-6-3-7(2)13-9(4-6)20-12-10(21(22)23)5-8(15(17,18)19)11(16)14(12)24-13/h3-5,20H,1-2H3. The summed E-state index contributed by atoms with van der Waals surface area (Å²) in [5.41, 5.74) is 0.522. The van der Waals surface area contributed by atoms with Gasteiger partial charge in [0.15, 0.2) is 0 Å². The minimum Gasteiger partial charge on any atom is -0.348 e. The molecule has 0 aliphatic carbocycles. The van der Waals surface area contributed by atoms with Crippen LogP contribution in [0.1, 0.15) is 16.7 Å². The van der Waals surface area contributed by atoms with Crippen molar-refractivity contribution in [2.75, 3.05) is 5.32 Å². The number of nitrogens with one attached hydrogen (secondary N) is 1. The number of hydrogen-bond acceptors (Lipinski definition) is 4. The number of aryl methyl sites for hydroxylation is 2. The van der Waals surface area contributed by atoms with Crippen LogP contribution >= 0.6 is 23.4 Å². The van der Waals surface area contributed by atoms with Gasteiger partial charge in [0.25, 0.3) is 5.69 Å². The van der Waals surface area contributed by atoms with Crippen molar-refractivity contribution < 1.29 is 18.1 Å². The molecule has 0 spiro atoms. The minimum atomic E-state index is -4.78. The number of fused-ring (bicyclic) bond motifs is 2. The van der Waals surface area contributed by atoms with Crippen molar-refractivity contribution in [2.24, 2.45) is 0 Å². The van der Waals surface area contributed by atoms with Crippen LogP contribution in [0.2, 0.25) is 5.02 Å². The second-order valence-corrected chi connectivity index (χ2v) is 6.80. The molecule has 24 heavy (non-hydrogen) atoms. The van der Waals surface area contributed by atoms with Crippen molar-refractivity contribution in [2.45, 2.75) is 29.8 Å². The Morgan fingerprint density at radius 1 is 1.21 bits per heavy atom. The lowest BCUT2D eigenvalue weighted by molar-refractivity contribution is -0.384. The lowest BCUT2D eigenvalue weighted by Gasteiger charge is -2.25. The van der Waals surface area contributed by atoms with Gasteiger partial charge in [-0.1, -0.05) is 29.4 Å². The van der Waals surface area contributed by atoms with Gasteiger partial charge in [-0.2, -0.15) is 13.2 Å². The summed E-state index contributed by atoms with van der Waals surface area (Å²) in [7, 11) is 0. The Labute approximate surface area is 144 Å². The Morgan fingerprint density at radius 2 is 1.88 bits per heavy atom. The molecular weight excluding hydrogens is 365 g/mol. The van der Waals surface area contributed by atoms with Crippen LogP contribution in [-0.2, 0) is 6.18 Å². The zero-order chi connectivity index (χ0) is 17.8. The molecule has 2 aromatic rings. The van der Waals surface area contributed by atoms with E-state index in [-0.39, 0.29) is 10.6 Å². The third kappa shape index (κ3) is 2.69. The number of hydrogen-bond donors (Lipinski definition) is 1. The first-order chi connectivity index (χ1) is 11.1. The SMILES string of the molecule is Cc1cc(C)c2c(c1)Nc1c([N+](=O)[O-])cc(C(F)(F)F)c(Cl)c1S2. The zero-order valence-electron chi connectivity index (χ0n) is 12.4. The van der Waals surface area contributed by atoms with Crippen LogP contribution in [0.3, 0.4) is 0 Å². The van der Waals surface area contributed by atoms with Gasteiger partial charge in [-0.25, -0.2) is 0 Å². The van der Waals surface area contributed by atoms with Gasteiger partial charge in [-0.3, -0.25) is 10.1 Å². The summed E-state index contributed by atoms with van der Waals surface area (Å²) in [6.45, 7) is 3.69. The van der Waals surface area contributed by atoms with Gasteiger partial charge in [-0.05, 0) is 31.0 Å². The average Bonchev–Trinajstić information content (AvgIpc) is 2.44. The van der Waals surface area contributed by atoms with Crippen LogP contribution in [-0.4, -0.2) is 4.92 Å². The third-order valence-corrected chi connectivity index (χ3v) is 5.45. The predicted octanol–water partition coefficient (Wildman–Crippen LogP) is 6.09. The molecule has 2 aromatic carbocycles. The van der Waals surface area contributed by atoms with Crippen molar-refractivity contribution in [3.05, 3.63) is 50.0 Å². The molecule has 0 fully saturated rings. The van der Waals surface area contributed by atoms with E-state index in [1.54, 1.807) is 6.07 Å². The summed E-state index contributed by atoms with van der Waals surface area (Å²) in [6.07, 6.45) is -4.78. The molecule has 0 bridgehead atoms. The number of benzene rings is 2. The molecule has 0 saturated heterocycles. The van der Waals surface area contributed by atoms with Crippen molar-refractivity contribution in [3.63, 3.8) is 0 Å². The Kier molecular flexibility index (Phi) is 3.92. The Balaban J connectivity index is 2.29. The maximum absolute atomic E-state index is 13.2. The summed E-state index contributed by atoms with van der Waals surface area (Å²) in [5.74, 6) is 0. The van der Waals surface area contributed by atoms with Crippen molar-refractivity contribution in [1.29, 1.82) is 0 Å². The number of alkyl halides is 3. The smallest absolute Gasteiger partial charge is 0.348 e. The van der Waals surface area contributed by atoms with Crippen LogP contribution in [0.25, 0.3) is 0 Å². The maximum Gasteiger partial charge on any atom is 0.418 e. The summed E-state index contributed by atoms with van der Waals surface area (Å²) >= 11 is 6.94. The third-order valence-electron chi connectivity index (χ3n) is 3.58. The molecule has 9 heteroatoms. The first-order valence-corrected chi connectivity index (χ1v) is 7.93. The highest BCUT2D eigenvalue weighted by Crippen LogP contribution is 2.54. The van der Waals surface area contributed by atoms with E-state index < -0.39 is 27.4 Å². The highest BCUT2D eigenvalue weighted by atomic mass is 35.5. The number of anilines is 2. The Morgan fingerprint density at radius 3 is 2.46 bits per heavy atom. The first-order valence-electron chi connectivity index (χ1n) is 6.73. The molecule has 1 N–H and O–H groups in total. The molecule has 0 unspecified atom stereocenters. The summed E-state index contributed by atoms with van der Waals surface area (Å²) < 4.78 is 39.5. The number of rotatable bonds is 1. The number of nitro groups is 1. The summed E-state index contributed by atoms with van der Waals surface area (Å²) in [5, 5.41) is 13.6. The highest BCUT2D eigenvalue weighted by molar-refractivity contribution is 8.00. The van der Waals surface area contributed by atoms with E-state index in [1.807, 2.05) is 19.9 Å². The van der Waals surface area contributed by atoms with Crippen LogP contribution in [0.15, 0.2) is 28.0 Å². The van der Waals surface area contributed by atoms with E-state index in [1.165, 1.54) is 0 Å². The largest absolute Gasteiger partial charge is 0.418 e. The molecule has 3 rings (SSSR count). The molecule has 4 nitrogen and oxygen atoms in total. The van der Waals surface area contributed by atoms with E-state index in [0.717, 1.165) is 22.9 Å². The van der Waals surface area contributed by atoms with Crippen LogP contribution in [0.5, 0.6) is 0 Å². The molecule has 1 aliphatic rings. The maximum atomic E-state index is 13.2. The fraction of sp³-hybridized carbons (Fsp3) is 0.200. The molecule has 0 aromatic heterocycles. The molecule has 1 aliphatic heterocycles. The Hall–Kier alpha value is -1.93. The van der Waals surface area contributed by atoms with Gasteiger partial charge in [0, 0.05) is 11.0 Å². The molecule has 0 saturated carbocycles. The van der Waals surface area contributed by atoms with Gasteiger partial charge < -0.3 is 5.32 Å². The number of nitrogens with zero attached hydrogens (tertiary/aromatic N) is 1. The topological polar surface area (TPSA) is 55.2 Å². The van der Waals surface area contributed by atoms with Gasteiger partial charge in [-0.15, -0.1) is 0 Å². The first kappa shape index (κ1) is 16.9. The number of halogens is 4. The van der Waals surface area contributed by atoms with E-state index in [2.05, 4.69) is 5.32 Å². The fourth-order valence-corrected chi connectivity index (χ4v) is 4.08. The molecule has 1 heterocycles. The second-order valence-electron chi connectivity index (χ2n) is 5.40. The normalized spacial score (nSPS) is 13.1. The average molecular weight is 375 g/mol. The van der Waals surface area contributed by atoms with Gasteiger partial charge >= 0.3 is 6.18 Å².